The number of hydrogen-bond donors (Lipinski definition) is 1. The lowest BCUT2D eigenvalue weighted by molar-refractivity contribution is -0.380. The van der Waals surface area contributed by atoms with Gasteiger partial charge in [-0.15, -0.1) is 0 Å². The Morgan fingerprint density at radius 2 is 2.22 bits per heavy atom. The highest BCUT2D eigenvalue weighted by Gasteiger charge is 2.23. The predicted molar refractivity (Wildman–Crippen MR) is 73.9 cm³/mol. The van der Waals surface area contributed by atoms with Crippen LogP contribution in [0.1, 0.15) is 43.9 Å². The van der Waals surface area contributed by atoms with Crippen molar-refractivity contribution in [2.75, 3.05) is 0 Å². The van der Waals surface area contributed by atoms with E-state index in [0.29, 0.717) is 6.04 Å². The Morgan fingerprint density at radius 1 is 1.44 bits per heavy atom. The van der Waals surface area contributed by atoms with Crippen LogP contribution >= 0.6 is 11.3 Å². The van der Waals surface area contributed by atoms with Gasteiger partial charge < -0.3 is 5.32 Å². The summed E-state index contributed by atoms with van der Waals surface area (Å²) in [7, 11) is 0. The molecule has 0 aromatic carbocycles. The lowest BCUT2D eigenvalue weighted by Gasteiger charge is -2.31. The zero-order valence-corrected chi connectivity index (χ0v) is 11.5. The van der Waals surface area contributed by atoms with Crippen LogP contribution in [0.5, 0.6) is 0 Å². The van der Waals surface area contributed by atoms with E-state index in [1.54, 1.807) is 6.07 Å². The second kappa shape index (κ2) is 6.29. The topological polar surface area (TPSA) is 55.2 Å². The van der Waals surface area contributed by atoms with Gasteiger partial charge in [-0.3, -0.25) is 10.1 Å². The van der Waals surface area contributed by atoms with Crippen molar-refractivity contribution in [2.24, 2.45) is 5.92 Å². The molecule has 0 saturated heterocycles. The van der Waals surface area contributed by atoms with Gasteiger partial charge >= 0.3 is 5.00 Å². The van der Waals surface area contributed by atoms with Crippen molar-refractivity contribution in [1.29, 1.82) is 0 Å². The fourth-order valence-corrected chi connectivity index (χ4v) is 3.53. The number of nitrogens with one attached hydrogen (secondary N) is 1. The quantitative estimate of drug-likeness (QED) is 0.654. The average molecular weight is 268 g/mol. The molecule has 1 aromatic heterocycles. The molecule has 1 saturated carbocycles. The first-order valence-electron chi connectivity index (χ1n) is 6.67. The van der Waals surface area contributed by atoms with E-state index in [-0.39, 0.29) is 9.92 Å². The Labute approximate surface area is 112 Å². The van der Waals surface area contributed by atoms with Crippen LogP contribution in [0.25, 0.3) is 0 Å². The summed E-state index contributed by atoms with van der Waals surface area (Å²) in [6, 6.07) is 4.05. The van der Waals surface area contributed by atoms with Gasteiger partial charge in [-0.2, -0.15) is 0 Å². The molecule has 4 nitrogen and oxygen atoms in total. The lowest BCUT2D eigenvalue weighted by atomic mass is 9.83. The van der Waals surface area contributed by atoms with E-state index in [4.69, 9.17) is 0 Å². The molecule has 1 aliphatic carbocycles. The highest BCUT2D eigenvalue weighted by atomic mass is 32.1. The van der Waals surface area contributed by atoms with Gasteiger partial charge in [0.15, 0.2) is 0 Å². The smallest absolute Gasteiger partial charge is 0.309 e. The third kappa shape index (κ3) is 3.29. The zero-order valence-electron chi connectivity index (χ0n) is 10.7. The largest absolute Gasteiger partial charge is 0.324 e. The van der Waals surface area contributed by atoms with Gasteiger partial charge in [0.05, 0.1) is 4.92 Å². The van der Waals surface area contributed by atoms with E-state index in [9.17, 15) is 10.1 Å². The molecule has 2 atom stereocenters. The molecule has 2 unspecified atom stereocenters. The Balaban J connectivity index is 1.87. The summed E-state index contributed by atoms with van der Waals surface area (Å²) in [6.45, 7) is 3.01. The average Bonchev–Trinajstić information content (AvgIpc) is 2.85. The lowest BCUT2D eigenvalue weighted by Crippen LogP contribution is -2.37. The highest BCUT2D eigenvalue weighted by molar-refractivity contribution is 7.15. The number of rotatable bonds is 5. The Kier molecular flexibility index (Phi) is 4.72. The molecular formula is C13H20N2O2S. The predicted octanol–water partition coefficient (Wildman–Crippen LogP) is 3.71. The SMILES string of the molecule is CCC1CCCCC1NCc1ccc([N+](=O)[O-])s1. The minimum atomic E-state index is -0.316. The van der Waals surface area contributed by atoms with Crippen LogP contribution in [0.15, 0.2) is 12.1 Å². The molecule has 18 heavy (non-hydrogen) atoms. The molecular weight excluding hydrogens is 248 g/mol. The van der Waals surface area contributed by atoms with Crippen molar-refractivity contribution in [3.63, 3.8) is 0 Å². The minimum Gasteiger partial charge on any atom is -0.309 e. The van der Waals surface area contributed by atoms with Crippen LogP contribution in [0.4, 0.5) is 5.00 Å². The first-order valence-corrected chi connectivity index (χ1v) is 7.49. The molecule has 1 N–H and O–H groups in total. The van der Waals surface area contributed by atoms with E-state index in [2.05, 4.69) is 12.2 Å². The molecule has 5 heteroatoms. The molecule has 100 valence electrons. The summed E-state index contributed by atoms with van der Waals surface area (Å²) >= 11 is 1.28. The van der Waals surface area contributed by atoms with Gasteiger partial charge in [0.1, 0.15) is 0 Å². The Bertz CT molecular complexity index is 405. The number of hydrogen-bond acceptors (Lipinski definition) is 4. The third-order valence-corrected chi connectivity index (χ3v) is 4.84. The van der Waals surface area contributed by atoms with Gasteiger partial charge in [0.25, 0.3) is 0 Å². The van der Waals surface area contributed by atoms with Crippen molar-refractivity contribution in [1.82, 2.24) is 5.32 Å². The Hall–Kier alpha value is -0.940. The highest BCUT2D eigenvalue weighted by Crippen LogP contribution is 2.28. The minimum absolute atomic E-state index is 0.238. The number of nitrogens with zero attached hydrogens (tertiary/aromatic N) is 1. The first-order chi connectivity index (χ1) is 8.70. The van der Waals surface area contributed by atoms with Crippen molar-refractivity contribution in [3.8, 4) is 0 Å². The molecule has 0 aliphatic heterocycles. The second-order valence-electron chi connectivity index (χ2n) is 4.94. The van der Waals surface area contributed by atoms with Gasteiger partial charge in [-0.05, 0) is 24.8 Å². The number of nitro groups is 1. The van der Waals surface area contributed by atoms with E-state index < -0.39 is 0 Å². The standard InChI is InChI=1S/C13H20N2O2S/c1-2-10-5-3-4-6-12(10)14-9-11-7-8-13(18-11)15(16)17/h7-8,10,12,14H,2-6,9H2,1H3. The van der Waals surface area contributed by atoms with E-state index >= 15 is 0 Å². The van der Waals surface area contributed by atoms with Crippen molar-refractivity contribution >= 4 is 16.3 Å². The molecule has 1 aliphatic rings. The van der Waals surface area contributed by atoms with Gasteiger partial charge in [-0.25, -0.2) is 0 Å². The van der Waals surface area contributed by atoms with E-state index in [0.717, 1.165) is 17.3 Å². The fraction of sp³-hybridized carbons (Fsp3) is 0.692. The molecule has 0 radical (unpaired) electrons. The third-order valence-electron chi connectivity index (χ3n) is 3.80. The van der Waals surface area contributed by atoms with Crippen LogP contribution in [0.2, 0.25) is 0 Å². The summed E-state index contributed by atoms with van der Waals surface area (Å²) in [5.41, 5.74) is 0. The normalized spacial score (nSPS) is 24.1. The molecule has 2 rings (SSSR count). The summed E-state index contributed by atoms with van der Waals surface area (Å²) in [4.78, 5) is 11.4. The van der Waals surface area contributed by atoms with Crippen LogP contribution in [0.3, 0.4) is 0 Å². The van der Waals surface area contributed by atoms with Gasteiger partial charge in [0.2, 0.25) is 0 Å². The maximum absolute atomic E-state index is 10.6. The van der Waals surface area contributed by atoms with Crippen LogP contribution < -0.4 is 5.32 Å². The van der Waals surface area contributed by atoms with Crippen molar-refractivity contribution in [2.45, 2.75) is 51.6 Å². The maximum atomic E-state index is 10.6. The molecule has 1 heterocycles. The van der Waals surface area contributed by atoms with Crippen LogP contribution in [-0.2, 0) is 6.54 Å². The molecule has 0 spiro atoms. The molecule has 0 bridgehead atoms. The zero-order chi connectivity index (χ0) is 13.0. The Morgan fingerprint density at radius 3 is 2.89 bits per heavy atom. The maximum Gasteiger partial charge on any atom is 0.324 e. The second-order valence-corrected chi connectivity index (χ2v) is 6.08. The van der Waals surface area contributed by atoms with Gasteiger partial charge in [0, 0.05) is 23.5 Å². The summed E-state index contributed by atoms with van der Waals surface area (Å²) in [5.74, 6) is 0.772. The molecule has 1 aromatic rings. The van der Waals surface area contributed by atoms with Gasteiger partial charge in [-0.1, -0.05) is 37.5 Å². The van der Waals surface area contributed by atoms with E-state index in [1.807, 2.05) is 6.07 Å². The monoisotopic (exact) mass is 268 g/mol. The molecule has 1 fully saturated rings. The molecule has 0 amide bonds. The fourth-order valence-electron chi connectivity index (χ4n) is 2.76. The number of thiophene rings is 1. The first kappa shape index (κ1) is 13.5. The van der Waals surface area contributed by atoms with Crippen LogP contribution in [0, 0.1) is 16.0 Å². The van der Waals surface area contributed by atoms with Crippen LogP contribution in [-0.4, -0.2) is 11.0 Å². The van der Waals surface area contributed by atoms with Crippen molar-refractivity contribution < 1.29 is 4.92 Å². The summed E-state index contributed by atoms with van der Waals surface area (Å²) in [6.07, 6.45) is 6.44. The van der Waals surface area contributed by atoms with E-state index in [1.165, 1.54) is 43.4 Å². The summed E-state index contributed by atoms with van der Waals surface area (Å²) < 4.78 is 0. The van der Waals surface area contributed by atoms with Crippen molar-refractivity contribution in [3.05, 3.63) is 27.1 Å². The summed E-state index contributed by atoms with van der Waals surface area (Å²) in [5, 5.41) is 14.4.